The van der Waals surface area contributed by atoms with Gasteiger partial charge in [0, 0.05) is 24.9 Å². The predicted octanol–water partition coefficient (Wildman–Crippen LogP) is 6.74. The maximum Gasteiger partial charge on any atom is 0.323 e. The average molecular weight is 482 g/mol. The van der Waals surface area contributed by atoms with E-state index in [0.717, 1.165) is 46.7 Å². The summed E-state index contributed by atoms with van der Waals surface area (Å²) in [6, 6.07) is 12.8. The van der Waals surface area contributed by atoms with Gasteiger partial charge >= 0.3 is 6.03 Å². The van der Waals surface area contributed by atoms with Gasteiger partial charge in [0.2, 0.25) is 5.88 Å². The van der Waals surface area contributed by atoms with E-state index in [9.17, 15) is 13.6 Å². The Kier molecular flexibility index (Phi) is 7.28. The van der Waals surface area contributed by atoms with Crippen LogP contribution in [0.1, 0.15) is 13.3 Å². The molecule has 0 aliphatic heterocycles. The summed E-state index contributed by atoms with van der Waals surface area (Å²) in [7, 11) is 0. The molecule has 0 saturated heterocycles. The van der Waals surface area contributed by atoms with Gasteiger partial charge in [-0.25, -0.2) is 23.5 Å². The van der Waals surface area contributed by atoms with Crippen molar-refractivity contribution in [3.8, 4) is 22.1 Å². The molecule has 0 saturated carbocycles. The van der Waals surface area contributed by atoms with Gasteiger partial charge in [-0.05, 0) is 54.4 Å². The van der Waals surface area contributed by atoms with Gasteiger partial charge in [0.25, 0.3) is 0 Å². The fourth-order valence-corrected chi connectivity index (χ4v) is 3.77. The Morgan fingerprint density at radius 3 is 2.56 bits per heavy atom. The zero-order valence-electron chi connectivity index (χ0n) is 18.1. The normalized spacial score (nSPS) is 10.6. The molecule has 0 atom stereocenters. The third-order valence-electron chi connectivity index (χ3n) is 4.56. The van der Waals surface area contributed by atoms with Crippen molar-refractivity contribution in [2.45, 2.75) is 13.3 Å². The molecule has 0 fully saturated rings. The summed E-state index contributed by atoms with van der Waals surface area (Å²) < 4.78 is 32.6. The van der Waals surface area contributed by atoms with Crippen molar-refractivity contribution in [2.24, 2.45) is 0 Å². The summed E-state index contributed by atoms with van der Waals surface area (Å²) in [5.74, 6) is -0.467. The zero-order chi connectivity index (χ0) is 23.9. The SMILES string of the molecule is CCCNc1ncc(-c2ccc(Oc3ccc(NC(=O)Nc4cc(F)ccc4F)cn3)cc2)s1. The predicted molar refractivity (Wildman–Crippen MR) is 130 cm³/mol. The largest absolute Gasteiger partial charge is 0.439 e. The summed E-state index contributed by atoms with van der Waals surface area (Å²) in [6.07, 6.45) is 4.27. The minimum atomic E-state index is -0.742. The number of thiazole rings is 1. The van der Waals surface area contributed by atoms with Crippen molar-refractivity contribution in [3.63, 3.8) is 0 Å². The monoisotopic (exact) mass is 481 g/mol. The fourth-order valence-electron chi connectivity index (χ4n) is 2.92. The topological polar surface area (TPSA) is 88.2 Å². The lowest BCUT2D eigenvalue weighted by Crippen LogP contribution is -2.20. The Hall–Kier alpha value is -4.05. The number of hydrogen-bond donors (Lipinski definition) is 3. The van der Waals surface area contributed by atoms with Crippen LogP contribution in [0.5, 0.6) is 11.6 Å². The highest BCUT2D eigenvalue weighted by Crippen LogP contribution is 2.31. The van der Waals surface area contributed by atoms with E-state index in [0.29, 0.717) is 17.3 Å². The second-order valence-corrected chi connectivity index (χ2v) is 8.20. The van der Waals surface area contributed by atoms with Crippen LogP contribution in [0.2, 0.25) is 0 Å². The lowest BCUT2D eigenvalue weighted by Gasteiger charge is -2.09. The van der Waals surface area contributed by atoms with Gasteiger partial charge in [-0.15, -0.1) is 0 Å². The van der Waals surface area contributed by atoms with Crippen molar-refractivity contribution in [1.82, 2.24) is 9.97 Å². The second kappa shape index (κ2) is 10.7. The van der Waals surface area contributed by atoms with Gasteiger partial charge in [0.1, 0.15) is 17.4 Å². The summed E-state index contributed by atoms with van der Waals surface area (Å²) in [4.78, 5) is 21.6. The van der Waals surface area contributed by atoms with Crippen molar-refractivity contribution in [2.75, 3.05) is 22.5 Å². The van der Waals surface area contributed by atoms with Crippen LogP contribution in [0.3, 0.4) is 0 Å². The van der Waals surface area contributed by atoms with E-state index in [4.69, 9.17) is 4.74 Å². The molecule has 2 aromatic carbocycles. The third kappa shape index (κ3) is 6.04. The standard InChI is InChI=1S/C24H21F2N5O2S/c1-2-11-27-24-29-14-21(34-24)15-3-7-18(8-4-15)33-22-10-6-17(13-28-22)30-23(32)31-20-12-16(25)5-9-19(20)26/h3-10,12-14H,2,11H2,1H3,(H,27,29)(H2,30,31,32). The number of rotatable bonds is 8. The number of ether oxygens (including phenoxy) is 1. The minimum Gasteiger partial charge on any atom is -0.439 e. The molecular formula is C24H21F2N5O2S. The Morgan fingerprint density at radius 1 is 1.00 bits per heavy atom. The summed E-state index contributed by atoms with van der Waals surface area (Å²) in [5.41, 5.74) is 1.12. The number of carbonyl (C=O) groups is 1. The van der Waals surface area contributed by atoms with Crippen LogP contribution in [0.4, 0.5) is 30.1 Å². The van der Waals surface area contributed by atoms with Crippen LogP contribution < -0.4 is 20.7 Å². The first kappa shape index (κ1) is 23.1. The molecule has 2 amide bonds. The molecule has 10 heteroatoms. The number of hydrogen-bond acceptors (Lipinski definition) is 6. The summed E-state index contributed by atoms with van der Waals surface area (Å²) >= 11 is 1.59. The average Bonchev–Trinajstić information content (AvgIpc) is 3.31. The number of urea groups is 1. The first-order valence-electron chi connectivity index (χ1n) is 10.5. The highest BCUT2D eigenvalue weighted by Gasteiger charge is 2.09. The molecule has 0 aliphatic rings. The van der Waals surface area contributed by atoms with E-state index < -0.39 is 17.7 Å². The van der Waals surface area contributed by atoms with Gasteiger partial charge in [-0.3, -0.25) is 0 Å². The van der Waals surface area contributed by atoms with Gasteiger partial charge in [-0.2, -0.15) is 0 Å². The van der Waals surface area contributed by atoms with E-state index >= 15 is 0 Å². The van der Waals surface area contributed by atoms with Gasteiger partial charge < -0.3 is 20.7 Å². The number of amides is 2. The highest BCUT2D eigenvalue weighted by atomic mass is 32.1. The van der Waals surface area contributed by atoms with Crippen LogP contribution in [-0.2, 0) is 0 Å². The van der Waals surface area contributed by atoms with Crippen LogP contribution in [-0.4, -0.2) is 22.5 Å². The Morgan fingerprint density at radius 2 is 1.82 bits per heavy atom. The first-order valence-corrected chi connectivity index (χ1v) is 11.3. The molecule has 2 heterocycles. The summed E-state index contributed by atoms with van der Waals surface area (Å²) in [6.45, 7) is 2.99. The molecule has 2 aromatic heterocycles. The van der Waals surface area contributed by atoms with Gasteiger partial charge in [0.05, 0.1) is 22.4 Å². The number of pyridine rings is 1. The van der Waals surface area contributed by atoms with Crippen LogP contribution >= 0.6 is 11.3 Å². The summed E-state index contributed by atoms with van der Waals surface area (Å²) in [5, 5.41) is 8.92. The molecule has 0 bridgehead atoms. The van der Waals surface area contributed by atoms with Crippen LogP contribution in [0.15, 0.2) is 67.0 Å². The van der Waals surface area contributed by atoms with E-state index in [1.54, 1.807) is 23.5 Å². The van der Waals surface area contributed by atoms with Crippen molar-refractivity contribution in [1.29, 1.82) is 0 Å². The number of anilines is 3. The number of aromatic nitrogens is 2. The van der Waals surface area contributed by atoms with Gasteiger partial charge in [0.15, 0.2) is 5.13 Å². The van der Waals surface area contributed by atoms with Crippen LogP contribution in [0, 0.1) is 11.6 Å². The van der Waals surface area contributed by atoms with Crippen molar-refractivity contribution in [3.05, 3.63) is 78.6 Å². The molecule has 34 heavy (non-hydrogen) atoms. The molecule has 0 spiro atoms. The number of carbonyl (C=O) groups excluding carboxylic acids is 1. The van der Waals surface area contributed by atoms with Gasteiger partial charge in [-0.1, -0.05) is 18.3 Å². The van der Waals surface area contributed by atoms with E-state index in [1.807, 2.05) is 30.5 Å². The lowest BCUT2D eigenvalue weighted by atomic mass is 10.2. The highest BCUT2D eigenvalue weighted by molar-refractivity contribution is 7.18. The number of halogens is 2. The number of nitrogens with zero attached hydrogens (tertiary/aromatic N) is 2. The molecular weight excluding hydrogens is 460 g/mol. The Labute approximate surface area is 198 Å². The Balaban J connectivity index is 1.33. The smallest absolute Gasteiger partial charge is 0.323 e. The lowest BCUT2D eigenvalue weighted by molar-refractivity contribution is 0.262. The third-order valence-corrected chi connectivity index (χ3v) is 5.57. The van der Waals surface area contributed by atoms with E-state index in [2.05, 4.69) is 32.8 Å². The van der Waals surface area contributed by atoms with E-state index in [1.165, 1.54) is 6.20 Å². The molecule has 4 aromatic rings. The van der Waals surface area contributed by atoms with E-state index in [-0.39, 0.29) is 5.69 Å². The zero-order valence-corrected chi connectivity index (χ0v) is 19.0. The number of benzene rings is 2. The molecule has 7 nitrogen and oxygen atoms in total. The maximum absolute atomic E-state index is 13.7. The molecule has 3 N–H and O–H groups in total. The van der Waals surface area contributed by atoms with Crippen LogP contribution in [0.25, 0.3) is 10.4 Å². The first-order chi connectivity index (χ1) is 16.5. The number of nitrogens with one attached hydrogen (secondary N) is 3. The second-order valence-electron chi connectivity index (χ2n) is 7.17. The fraction of sp³-hybridized carbons (Fsp3) is 0.125. The minimum absolute atomic E-state index is 0.263. The molecule has 174 valence electrons. The Bertz CT molecular complexity index is 1260. The van der Waals surface area contributed by atoms with Crippen molar-refractivity contribution < 1.29 is 18.3 Å². The molecule has 0 aliphatic carbocycles. The quantitative estimate of drug-likeness (QED) is 0.259. The van der Waals surface area contributed by atoms with Crippen molar-refractivity contribution >= 4 is 33.9 Å². The molecule has 4 rings (SSSR count). The molecule has 0 radical (unpaired) electrons. The maximum atomic E-state index is 13.7. The molecule has 0 unspecified atom stereocenters.